The molecule has 1 N–H and O–H groups in total. The molecule has 0 fully saturated rings. The summed E-state index contributed by atoms with van der Waals surface area (Å²) in [4.78, 5) is 4.95. The lowest BCUT2D eigenvalue weighted by molar-refractivity contribution is 0.0536. The van der Waals surface area contributed by atoms with Gasteiger partial charge in [-0.15, -0.1) is 0 Å². The molecule has 2 rings (SSSR count). The van der Waals surface area contributed by atoms with Gasteiger partial charge in [0.15, 0.2) is 0 Å². The van der Waals surface area contributed by atoms with E-state index in [1.807, 2.05) is 0 Å². The van der Waals surface area contributed by atoms with Crippen LogP contribution < -0.4 is 10.2 Å². The molecule has 1 aliphatic heterocycles. The van der Waals surface area contributed by atoms with Gasteiger partial charge in [0.25, 0.3) is 0 Å². The summed E-state index contributed by atoms with van der Waals surface area (Å²) in [5.41, 5.74) is 5.52. The number of fused-ring (bicyclic) bond motifs is 1. The predicted molar refractivity (Wildman–Crippen MR) is 58.8 cm³/mol. The summed E-state index contributed by atoms with van der Waals surface area (Å²) >= 11 is 0. The quantitative estimate of drug-likeness (QED) is 0.768. The second-order valence-electron chi connectivity index (χ2n) is 3.81. The number of hydrogen-bond donors (Lipinski definition) is 1. The van der Waals surface area contributed by atoms with E-state index < -0.39 is 0 Å². The average molecular weight is 207 g/mol. The van der Waals surface area contributed by atoms with E-state index in [1.54, 1.807) is 7.11 Å². The molecule has 3 heteroatoms. The third-order valence-corrected chi connectivity index (χ3v) is 2.65. The number of hydroxylamine groups is 1. The van der Waals surface area contributed by atoms with Crippen LogP contribution in [0.3, 0.4) is 0 Å². The van der Waals surface area contributed by atoms with Gasteiger partial charge in [-0.05, 0) is 18.1 Å². The van der Waals surface area contributed by atoms with Crippen LogP contribution in [0.4, 0.5) is 0 Å². The number of nitrogens with one attached hydrogen (secondary N) is 1. The largest absolute Gasteiger partial charge is 0.491 e. The van der Waals surface area contributed by atoms with Crippen molar-refractivity contribution in [3.05, 3.63) is 29.3 Å². The molecule has 1 aromatic rings. The molecule has 0 bridgehead atoms. The minimum Gasteiger partial charge on any atom is -0.491 e. The maximum atomic E-state index is 5.55. The summed E-state index contributed by atoms with van der Waals surface area (Å²) in [6.45, 7) is 2.84. The van der Waals surface area contributed by atoms with E-state index in [1.165, 1.54) is 17.5 Å². The fourth-order valence-electron chi connectivity index (χ4n) is 1.95. The highest BCUT2D eigenvalue weighted by atomic mass is 16.6. The molecule has 1 unspecified atom stereocenters. The van der Waals surface area contributed by atoms with Gasteiger partial charge in [-0.3, -0.25) is 0 Å². The van der Waals surface area contributed by atoms with Crippen LogP contribution in [-0.4, -0.2) is 13.7 Å². The third-order valence-electron chi connectivity index (χ3n) is 2.65. The van der Waals surface area contributed by atoms with E-state index in [-0.39, 0.29) is 6.04 Å². The molecule has 0 amide bonds. The fourth-order valence-corrected chi connectivity index (χ4v) is 1.95. The third kappa shape index (κ3) is 2.13. The van der Waals surface area contributed by atoms with Crippen molar-refractivity contribution in [2.75, 3.05) is 13.7 Å². The molecule has 0 radical (unpaired) electrons. The first-order valence-corrected chi connectivity index (χ1v) is 5.39. The Bertz CT molecular complexity index is 336. The Labute approximate surface area is 90.3 Å². The van der Waals surface area contributed by atoms with Gasteiger partial charge in [-0.2, -0.15) is 5.48 Å². The van der Waals surface area contributed by atoms with Crippen molar-refractivity contribution in [3.8, 4) is 5.75 Å². The fraction of sp³-hybridized carbons (Fsp3) is 0.500. The molecular formula is C12H17NO2. The number of ether oxygens (including phenoxy) is 1. The Morgan fingerprint density at radius 2 is 2.40 bits per heavy atom. The summed E-state index contributed by atoms with van der Waals surface area (Å²) in [6.07, 6.45) is 2.29. The minimum atomic E-state index is 0.168. The van der Waals surface area contributed by atoms with Crippen molar-refractivity contribution in [1.82, 2.24) is 5.48 Å². The molecule has 0 spiro atoms. The number of hydrogen-bond acceptors (Lipinski definition) is 3. The zero-order chi connectivity index (χ0) is 10.7. The number of aryl methyl sites for hydroxylation is 1. The van der Waals surface area contributed by atoms with E-state index in [9.17, 15) is 0 Å². The van der Waals surface area contributed by atoms with E-state index in [0.717, 1.165) is 12.2 Å². The van der Waals surface area contributed by atoms with Gasteiger partial charge < -0.3 is 9.57 Å². The van der Waals surface area contributed by atoms with Gasteiger partial charge >= 0.3 is 0 Å². The summed E-state index contributed by atoms with van der Waals surface area (Å²) in [5.74, 6) is 0.976. The zero-order valence-corrected chi connectivity index (χ0v) is 9.25. The Morgan fingerprint density at radius 1 is 1.53 bits per heavy atom. The van der Waals surface area contributed by atoms with Gasteiger partial charge in [0, 0.05) is 5.56 Å². The standard InChI is InChI=1S/C12H17NO2/c1-3-4-9-5-6-12-10(7-9)11(8-15-12)13-14-2/h5-7,11,13H,3-4,8H2,1-2H3. The summed E-state index contributed by atoms with van der Waals surface area (Å²) < 4.78 is 5.55. The molecular weight excluding hydrogens is 190 g/mol. The van der Waals surface area contributed by atoms with Gasteiger partial charge in [0.1, 0.15) is 12.4 Å². The van der Waals surface area contributed by atoms with Crippen molar-refractivity contribution < 1.29 is 9.57 Å². The Hall–Kier alpha value is -1.06. The first-order valence-electron chi connectivity index (χ1n) is 5.39. The summed E-state index contributed by atoms with van der Waals surface area (Å²) in [7, 11) is 1.63. The number of rotatable bonds is 4. The molecule has 0 aliphatic carbocycles. The monoisotopic (exact) mass is 207 g/mol. The molecule has 1 atom stereocenters. The van der Waals surface area contributed by atoms with Crippen molar-refractivity contribution >= 4 is 0 Å². The lowest BCUT2D eigenvalue weighted by Crippen LogP contribution is -2.21. The minimum absolute atomic E-state index is 0.168. The van der Waals surface area contributed by atoms with Crippen LogP contribution in [0.15, 0.2) is 18.2 Å². The lowest BCUT2D eigenvalue weighted by Gasteiger charge is -2.09. The van der Waals surface area contributed by atoms with Crippen molar-refractivity contribution in [2.24, 2.45) is 0 Å². The molecule has 0 saturated heterocycles. The summed E-state index contributed by atoms with van der Waals surface area (Å²) in [5, 5.41) is 0. The first kappa shape index (κ1) is 10.5. The van der Waals surface area contributed by atoms with E-state index in [2.05, 4.69) is 30.6 Å². The van der Waals surface area contributed by atoms with Crippen LogP contribution in [0.25, 0.3) is 0 Å². The smallest absolute Gasteiger partial charge is 0.124 e. The normalized spacial score (nSPS) is 18.7. The van der Waals surface area contributed by atoms with Crippen LogP contribution in [0.5, 0.6) is 5.75 Å². The SMILES string of the molecule is CCCc1ccc2c(c1)C(NOC)CO2. The Morgan fingerprint density at radius 3 is 3.13 bits per heavy atom. The highest BCUT2D eigenvalue weighted by Crippen LogP contribution is 2.33. The van der Waals surface area contributed by atoms with Gasteiger partial charge in [0.2, 0.25) is 0 Å². The maximum Gasteiger partial charge on any atom is 0.124 e. The van der Waals surface area contributed by atoms with Crippen LogP contribution in [0, 0.1) is 0 Å². The zero-order valence-electron chi connectivity index (χ0n) is 9.25. The highest BCUT2D eigenvalue weighted by Gasteiger charge is 2.23. The van der Waals surface area contributed by atoms with Gasteiger partial charge in [0.05, 0.1) is 13.2 Å². The van der Waals surface area contributed by atoms with E-state index >= 15 is 0 Å². The molecule has 3 nitrogen and oxygen atoms in total. The average Bonchev–Trinajstić information content (AvgIpc) is 2.63. The van der Waals surface area contributed by atoms with Crippen LogP contribution in [-0.2, 0) is 11.3 Å². The highest BCUT2D eigenvalue weighted by molar-refractivity contribution is 5.42. The van der Waals surface area contributed by atoms with Crippen LogP contribution in [0.2, 0.25) is 0 Å². The van der Waals surface area contributed by atoms with E-state index in [4.69, 9.17) is 9.57 Å². The second-order valence-corrected chi connectivity index (χ2v) is 3.81. The molecule has 1 aromatic carbocycles. The second kappa shape index (κ2) is 4.64. The van der Waals surface area contributed by atoms with Gasteiger partial charge in [-0.1, -0.05) is 25.5 Å². The topological polar surface area (TPSA) is 30.5 Å². The molecule has 1 aliphatic rings. The molecule has 0 aromatic heterocycles. The van der Waals surface area contributed by atoms with Crippen molar-refractivity contribution in [3.63, 3.8) is 0 Å². The van der Waals surface area contributed by atoms with Crippen LogP contribution >= 0.6 is 0 Å². The predicted octanol–water partition coefficient (Wildman–Crippen LogP) is 2.22. The Kier molecular flexibility index (Phi) is 3.23. The molecule has 1 heterocycles. The molecule has 82 valence electrons. The van der Waals surface area contributed by atoms with Crippen LogP contribution in [0.1, 0.15) is 30.5 Å². The van der Waals surface area contributed by atoms with Crippen molar-refractivity contribution in [1.29, 1.82) is 0 Å². The first-order chi connectivity index (χ1) is 7.35. The van der Waals surface area contributed by atoms with Gasteiger partial charge in [-0.25, -0.2) is 0 Å². The summed E-state index contributed by atoms with van der Waals surface area (Å²) in [6, 6.07) is 6.57. The Balaban J connectivity index is 2.21. The lowest BCUT2D eigenvalue weighted by atomic mass is 10.0. The number of benzene rings is 1. The van der Waals surface area contributed by atoms with E-state index in [0.29, 0.717) is 6.61 Å². The molecule has 0 saturated carbocycles. The molecule has 15 heavy (non-hydrogen) atoms. The van der Waals surface area contributed by atoms with Crippen molar-refractivity contribution in [2.45, 2.75) is 25.8 Å². The maximum absolute atomic E-state index is 5.55.